The largest absolute Gasteiger partial charge is 0.465 e. The number of carbonyl (C=O) groups excluding carboxylic acids is 4. The highest BCUT2D eigenvalue weighted by Gasteiger charge is 2.35. The van der Waals surface area contributed by atoms with Gasteiger partial charge in [-0.15, -0.1) is 0 Å². The van der Waals surface area contributed by atoms with Gasteiger partial charge in [-0.3, -0.25) is 9.59 Å². The Morgan fingerprint density at radius 1 is 0.774 bits per heavy atom. The second kappa shape index (κ2) is 7.87. The highest BCUT2D eigenvalue weighted by Crippen LogP contribution is 2.36. The average Bonchev–Trinajstić information content (AvgIpc) is 3.04. The minimum atomic E-state index is -0.802. The van der Waals surface area contributed by atoms with Gasteiger partial charge in [-0.1, -0.05) is 42.5 Å². The van der Waals surface area contributed by atoms with Gasteiger partial charge in [-0.25, -0.2) is 9.59 Å². The highest BCUT2D eigenvalue weighted by atomic mass is 16.5. The van der Waals surface area contributed by atoms with Crippen LogP contribution in [-0.4, -0.2) is 37.7 Å². The lowest BCUT2D eigenvalue weighted by Gasteiger charge is -2.27. The molecule has 0 atom stereocenters. The van der Waals surface area contributed by atoms with Crippen LogP contribution in [0.3, 0.4) is 0 Å². The summed E-state index contributed by atoms with van der Waals surface area (Å²) in [7, 11) is 2.39. The number of anilines is 1. The van der Waals surface area contributed by atoms with Crippen LogP contribution < -0.4 is 4.90 Å². The van der Waals surface area contributed by atoms with Crippen molar-refractivity contribution in [2.24, 2.45) is 0 Å². The summed E-state index contributed by atoms with van der Waals surface area (Å²) < 4.78 is 9.72. The summed E-state index contributed by atoms with van der Waals surface area (Å²) in [4.78, 5) is 52.9. The number of rotatable bonds is 3. The maximum Gasteiger partial charge on any atom is 0.355 e. The molecule has 154 valence electrons. The first-order chi connectivity index (χ1) is 15.0. The fraction of sp³-hybridized carbons (Fsp3) is 0.0833. The van der Waals surface area contributed by atoms with Gasteiger partial charge >= 0.3 is 11.9 Å². The van der Waals surface area contributed by atoms with Crippen LogP contribution in [-0.2, 0) is 19.1 Å². The summed E-state index contributed by atoms with van der Waals surface area (Å²) in [6, 6.07) is 11.4. The van der Waals surface area contributed by atoms with Crippen LogP contribution in [0, 0.1) is 0 Å². The molecule has 0 unspecified atom stereocenters. The molecule has 1 aliphatic carbocycles. The van der Waals surface area contributed by atoms with E-state index in [0.717, 1.165) is 0 Å². The van der Waals surface area contributed by atoms with Gasteiger partial charge in [0.2, 0.25) is 0 Å². The van der Waals surface area contributed by atoms with Crippen molar-refractivity contribution in [3.8, 4) is 0 Å². The number of carbonyl (C=O) groups is 4. The summed E-state index contributed by atoms with van der Waals surface area (Å²) in [5.41, 5.74) is 1.05. The second-order valence-corrected chi connectivity index (χ2v) is 6.72. The Balaban J connectivity index is 1.98. The van der Waals surface area contributed by atoms with Crippen molar-refractivity contribution in [1.82, 2.24) is 0 Å². The van der Waals surface area contributed by atoms with Gasteiger partial charge in [0, 0.05) is 22.9 Å². The fourth-order valence-corrected chi connectivity index (χ4v) is 3.68. The summed E-state index contributed by atoms with van der Waals surface area (Å²) in [5, 5.41) is 0. The molecule has 4 rings (SSSR count). The number of hydrogen-bond donors (Lipinski definition) is 0. The molecule has 0 radical (unpaired) electrons. The van der Waals surface area contributed by atoms with E-state index in [0.29, 0.717) is 5.56 Å². The number of esters is 2. The van der Waals surface area contributed by atoms with Crippen molar-refractivity contribution in [2.75, 3.05) is 19.1 Å². The number of hydrogen-bond acceptors (Lipinski definition) is 7. The standard InChI is InChI=1S/C24H17NO6/c1-30-23(28)17-10-5-6-13-25(20(17)24(29)31-2)18-12-7-11-16-19(18)22(27)15-9-4-3-8-14(15)21(16)26/h3-13H,1-2H3. The third kappa shape index (κ3) is 3.16. The fourth-order valence-electron chi connectivity index (χ4n) is 3.68. The minimum absolute atomic E-state index is 0.0491. The van der Waals surface area contributed by atoms with E-state index in [-0.39, 0.29) is 45.2 Å². The summed E-state index contributed by atoms with van der Waals surface area (Å²) in [6.45, 7) is 0. The molecule has 1 aliphatic heterocycles. The molecule has 0 saturated carbocycles. The van der Waals surface area contributed by atoms with Gasteiger partial charge in [0.15, 0.2) is 11.6 Å². The van der Waals surface area contributed by atoms with Crippen molar-refractivity contribution >= 4 is 29.2 Å². The molecule has 0 amide bonds. The normalized spacial score (nSPS) is 14.7. The van der Waals surface area contributed by atoms with Gasteiger partial charge in [-0.2, -0.15) is 0 Å². The van der Waals surface area contributed by atoms with Gasteiger partial charge in [0.25, 0.3) is 0 Å². The van der Waals surface area contributed by atoms with Gasteiger partial charge in [0.05, 0.1) is 31.0 Å². The number of methoxy groups -OCH3 is 2. The smallest absolute Gasteiger partial charge is 0.355 e. The van der Waals surface area contributed by atoms with Crippen molar-refractivity contribution in [2.45, 2.75) is 0 Å². The lowest BCUT2D eigenvalue weighted by atomic mass is 9.83. The molecule has 0 aromatic heterocycles. The average molecular weight is 415 g/mol. The minimum Gasteiger partial charge on any atom is -0.465 e. The van der Waals surface area contributed by atoms with E-state index in [1.807, 2.05) is 0 Å². The van der Waals surface area contributed by atoms with Crippen molar-refractivity contribution in [3.05, 3.63) is 100 Å². The Bertz CT molecular complexity index is 1230. The van der Waals surface area contributed by atoms with Crippen LogP contribution in [0.25, 0.3) is 0 Å². The van der Waals surface area contributed by atoms with E-state index in [4.69, 9.17) is 9.47 Å². The van der Waals surface area contributed by atoms with Crippen LogP contribution in [0.2, 0.25) is 0 Å². The summed E-state index contributed by atoms with van der Waals surface area (Å²) in [5.74, 6) is -2.19. The monoisotopic (exact) mass is 415 g/mol. The van der Waals surface area contributed by atoms with E-state index in [2.05, 4.69) is 0 Å². The number of allylic oxidation sites excluding steroid dienone is 2. The summed E-state index contributed by atoms with van der Waals surface area (Å²) in [6.07, 6.45) is 6.10. The van der Waals surface area contributed by atoms with E-state index in [1.165, 1.54) is 31.4 Å². The molecule has 2 aliphatic rings. The maximum atomic E-state index is 13.4. The number of benzene rings is 2. The number of ketones is 2. The lowest BCUT2D eigenvalue weighted by Crippen LogP contribution is -2.30. The van der Waals surface area contributed by atoms with Crippen molar-refractivity contribution < 1.29 is 28.7 Å². The molecule has 0 fully saturated rings. The van der Waals surface area contributed by atoms with Crippen LogP contribution in [0.1, 0.15) is 31.8 Å². The predicted octanol–water partition coefficient (Wildman–Crippen LogP) is 2.95. The predicted molar refractivity (Wildman–Crippen MR) is 112 cm³/mol. The maximum absolute atomic E-state index is 13.4. The lowest BCUT2D eigenvalue weighted by molar-refractivity contribution is -0.139. The zero-order valence-electron chi connectivity index (χ0n) is 16.7. The van der Waals surface area contributed by atoms with Crippen molar-refractivity contribution in [3.63, 3.8) is 0 Å². The molecule has 0 bridgehead atoms. The van der Waals surface area contributed by atoms with Crippen LogP contribution in [0.4, 0.5) is 5.69 Å². The molecule has 0 spiro atoms. The van der Waals surface area contributed by atoms with Crippen LogP contribution in [0.15, 0.2) is 78.2 Å². The summed E-state index contributed by atoms with van der Waals surface area (Å²) >= 11 is 0. The third-order valence-corrected chi connectivity index (χ3v) is 5.08. The Kier molecular flexibility index (Phi) is 5.09. The molecule has 0 N–H and O–H groups in total. The second-order valence-electron chi connectivity index (χ2n) is 6.72. The molecule has 0 saturated heterocycles. The van der Waals surface area contributed by atoms with Crippen LogP contribution >= 0.6 is 0 Å². The first kappa shape index (κ1) is 20.0. The Labute approximate surface area is 177 Å². The highest BCUT2D eigenvalue weighted by molar-refractivity contribution is 6.30. The molecular formula is C24H17NO6. The molecule has 1 heterocycles. The quantitative estimate of drug-likeness (QED) is 0.608. The number of fused-ring (bicyclic) bond motifs is 2. The molecular weight excluding hydrogens is 398 g/mol. The first-order valence-electron chi connectivity index (χ1n) is 9.36. The Morgan fingerprint density at radius 3 is 2.10 bits per heavy atom. The molecule has 2 aromatic carbocycles. The molecule has 31 heavy (non-hydrogen) atoms. The topological polar surface area (TPSA) is 90.0 Å². The van der Waals surface area contributed by atoms with Gasteiger partial charge in [0.1, 0.15) is 5.70 Å². The number of nitrogens with zero attached hydrogens (tertiary/aromatic N) is 1. The molecule has 7 heteroatoms. The zero-order chi connectivity index (χ0) is 22.1. The first-order valence-corrected chi connectivity index (χ1v) is 9.36. The Hall–Kier alpha value is -4.26. The number of ether oxygens (including phenoxy) is 2. The molecule has 7 nitrogen and oxygen atoms in total. The van der Waals surface area contributed by atoms with Gasteiger partial charge in [-0.05, 0) is 18.2 Å². The third-order valence-electron chi connectivity index (χ3n) is 5.08. The van der Waals surface area contributed by atoms with Gasteiger partial charge < -0.3 is 14.4 Å². The van der Waals surface area contributed by atoms with E-state index in [1.54, 1.807) is 54.6 Å². The molecule has 2 aromatic rings. The van der Waals surface area contributed by atoms with E-state index >= 15 is 0 Å². The SMILES string of the molecule is COC(=O)C1=C(C(=O)OC)N(c2cccc3c2C(=O)c2ccccc2C3=O)C=CC=C1. The zero-order valence-corrected chi connectivity index (χ0v) is 16.7. The van der Waals surface area contributed by atoms with Crippen molar-refractivity contribution in [1.29, 1.82) is 0 Å². The van der Waals surface area contributed by atoms with E-state index < -0.39 is 11.9 Å². The Morgan fingerprint density at radius 2 is 1.42 bits per heavy atom. The van der Waals surface area contributed by atoms with Crippen LogP contribution in [0.5, 0.6) is 0 Å². The van der Waals surface area contributed by atoms with E-state index in [9.17, 15) is 19.2 Å².